The predicted molar refractivity (Wildman–Crippen MR) is 82.3 cm³/mol. The highest BCUT2D eigenvalue weighted by Crippen LogP contribution is 2.22. The van der Waals surface area contributed by atoms with Crippen molar-refractivity contribution < 1.29 is 4.39 Å². The Labute approximate surface area is 124 Å². The third-order valence-corrected chi connectivity index (χ3v) is 4.28. The lowest BCUT2D eigenvalue weighted by molar-refractivity contribution is 0.459. The number of nitrogens with two attached hydrogens (primary N) is 1. The van der Waals surface area contributed by atoms with E-state index in [1.54, 1.807) is 6.07 Å². The minimum absolute atomic E-state index is 0.208. The fourth-order valence-corrected chi connectivity index (χ4v) is 2.64. The highest BCUT2D eigenvalue weighted by atomic mass is 79.9. The Morgan fingerprint density at radius 3 is 2.68 bits per heavy atom. The zero-order valence-corrected chi connectivity index (χ0v) is 13.2. The largest absolute Gasteiger partial charge is 0.271 e. The second kappa shape index (κ2) is 9.45. The van der Waals surface area contributed by atoms with E-state index in [9.17, 15) is 4.39 Å². The molecule has 0 spiro atoms. The SMILES string of the molecule is CCCCCCCC(Cc1cccc(F)c1Br)NN. The van der Waals surface area contributed by atoms with Gasteiger partial charge in [0.1, 0.15) is 5.82 Å². The summed E-state index contributed by atoms with van der Waals surface area (Å²) in [6.45, 7) is 2.21. The van der Waals surface area contributed by atoms with Crippen LogP contribution in [0.15, 0.2) is 22.7 Å². The third kappa shape index (κ3) is 6.02. The lowest BCUT2D eigenvalue weighted by atomic mass is 10.0. The van der Waals surface area contributed by atoms with Crippen LogP contribution in [0.25, 0.3) is 0 Å². The lowest BCUT2D eigenvalue weighted by Crippen LogP contribution is -2.36. The summed E-state index contributed by atoms with van der Waals surface area (Å²) in [6, 6.07) is 5.35. The number of rotatable bonds is 9. The van der Waals surface area contributed by atoms with Crippen molar-refractivity contribution in [3.05, 3.63) is 34.1 Å². The maximum Gasteiger partial charge on any atom is 0.137 e. The highest BCUT2D eigenvalue weighted by Gasteiger charge is 2.11. The molecule has 3 N–H and O–H groups in total. The number of unbranched alkanes of at least 4 members (excludes halogenated alkanes) is 4. The topological polar surface area (TPSA) is 38.0 Å². The zero-order valence-electron chi connectivity index (χ0n) is 11.6. The molecule has 0 saturated carbocycles. The number of halogens is 2. The van der Waals surface area contributed by atoms with E-state index in [0.717, 1.165) is 18.4 Å². The molecule has 0 aliphatic carbocycles. The fourth-order valence-electron chi connectivity index (χ4n) is 2.21. The summed E-state index contributed by atoms with van der Waals surface area (Å²) in [5, 5.41) is 0. The van der Waals surface area contributed by atoms with Crippen molar-refractivity contribution in [2.24, 2.45) is 5.84 Å². The van der Waals surface area contributed by atoms with Gasteiger partial charge in [0.25, 0.3) is 0 Å². The molecule has 0 heterocycles. The van der Waals surface area contributed by atoms with Crippen LogP contribution in [-0.4, -0.2) is 6.04 Å². The van der Waals surface area contributed by atoms with Crippen LogP contribution in [0.3, 0.4) is 0 Å². The van der Waals surface area contributed by atoms with Gasteiger partial charge in [-0.2, -0.15) is 0 Å². The van der Waals surface area contributed by atoms with Gasteiger partial charge in [0.05, 0.1) is 4.47 Å². The second-order valence-electron chi connectivity index (χ2n) is 4.98. The first-order chi connectivity index (χ1) is 9.19. The van der Waals surface area contributed by atoms with Gasteiger partial charge in [-0.3, -0.25) is 11.3 Å². The number of benzene rings is 1. The molecule has 1 unspecified atom stereocenters. The van der Waals surface area contributed by atoms with E-state index in [1.807, 2.05) is 6.07 Å². The van der Waals surface area contributed by atoms with Crippen molar-refractivity contribution in [2.45, 2.75) is 57.9 Å². The lowest BCUT2D eigenvalue weighted by Gasteiger charge is -2.17. The van der Waals surface area contributed by atoms with Crippen molar-refractivity contribution in [2.75, 3.05) is 0 Å². The van der Waals surface area contributed by atoms with Gasteiger partial charge >= 0.3 is 0 Å². The molecule has 4 heteroatoms. The summed E-state index contributed by atoms with van der Waals surface area (Å²) in [6.07, 6.45) is 8.05. The standard InChI is InChI=1S/C15H24BrFN2/c1-2-3-4-5-6-9-13(19-18)11-12-8-7-10-14(17)15(12)16/h7-8,10,13,19H,2-6,9,11,18H2,1H3. The van der Waals surface area contributed by atoms with Crippen LogP contribution in [0.4, 0.5) is 4.39 Å². The Hall–Kier alpha value is -0.450. The zero-order chi connectivity index (χ0) is 14.1. The van der Waals surface area contributed by atoms with Crippen LogP contribution in [0.2, 0.25) is 0 Å². The van der Waals surface area contributed by atoms with Gasteiger partial charge in [-0.25, -0.2) is 4.39 Å². The Balaban J connectivity index is 2.41. The molecular formula is C15H24BrFN2. The summed E-state index contributed by atoms with van der Waals surface area (Å²) in [5.41, 5.74) is 3.81. The van der Waals surface area contributed by atoms with Gasteiger partial charge in [0.15, 0.2) is 0 Å². The van der Waals surface area contributed by atoms with Crippen LogP contribution in [0.1, 0.15) is 51.0 Å². The molecule has 2 nitrogen and oxygen atoms in total. The molecule has 1 aromatic rings. The first-order valence-corrected chi connectivity index (χ1v) is 7.87. The van der Waals surface area contributed by atoms with E-state index < -0.39 is 0 Å². The molecule has 0 aliphatic rings. The Morgan fingerprint density at radius 1 is 1.26 bits per heavy atom. The average Bonchev–Trinajstić information content (AvgIpc) is 2.42. The van der Waals surface area contributed by atoms with Crippen molar-refractivity contribution in [1.82, 2.24) is 5.43 Å². The van der Waals surface area contributed by atoms with Crippen molar-refractivity contribution in [3.63, 3.8) is 0 Å². The Morgan fingerprint density at radius 2 is 2.00 bits per heavy atom. The molecule has 1 aromatic carbocycles. The van der Waals surface area contributed by atoms with Crippen LogP contribution in [0.5, 0.6) is 0 Å². The molecule has 0 saturated heterocycles. The predicted octanol–water partition coefficient (Wildman–Crippen LogP) is 4.32. The van der Waals surface area contributed by atoms with Gasteiger partial charge in [-0.1, -0.05) is 51.2 Å². The van der Waals surface area contributed by atoms with E-state index in [0.29, 0.717) is 4.47 Å². The van der Waals surface area contributed by atoms with Gasteiger partial charge in [0.2, 0.25) is 0 Å². The number of hydrazine groups is 1. The molecule has 0 radical (unpaired) electrons. The van der Waals surface area contributed by atoms with Crippen molar-refractivity contribution >= 4 is 15.9 Å². The smallest absolute Gasteiger partial charge is 0.137 e. The monoisotopic (exact) mass is 330 g/mol. The van der Waals surface area contributed by atoms with Gasteiger partial charge in [0, 0.05) is 6.04 Å². The van der Waals surface area contributed by atoms with Crippen molar-refractivity contribution in [3.8, 4) is 0 Å². The maximum atomic E-state index is 13.4. The van der Waals surface area contributed by atoms with E-state index in [1.165, 1.54) is 38.2 Å². The fraction of sp³-hybridized carbons (Fsp3) is 0.600. The maximum absolute atomic E-state index is 13.4. The first-order valence-electron chi connectivity index (χ1n) is 7.08. The molecular weight excluding hydrogens is 307 g/mol. The molecule has 19 heavy (non-hydrogen) atoms. The molecule has 1 rings (SSSR count). The van der Waals surface area contributed by atoms with E-state index in [-0.39, 0.29) is 11.9 Å². The second-order valence-corrected chi connectivity index (χ2v) is 5.78. The normalized spacial score (nSPS) is 12.6. The summed E-state index contributed by atoms with van der Waals surface area (Å²) in [5.74, 6) is 5.38. The molecule has 0 fully saturated rings. The minimum atomic E-state index is -0.212. The first kappa shape index (κ1) is 16.6. The van der Waals surface area contributed by atoms with E-state index in [2.05, 4.69) is 28.3 Å². The van der Waals surface area contributed by atoms with Gasteiger partial charge < -0.3 is 0 Å². The molecule has 0 amide bonds. The van der Waals surface area contributed by atoms with Crippen LogP contribution in [0, 0.1) is 5.82 Å². The third-order valence-electron chi connectivity index (χ3n) is 3.39. The van der Waals surface area contributed by atoms with Crippen LogP contribution < -0.4 is 11.3 Å². The molecule has 0 aliphatic heterocycles. The van der Waals surface area contributed by atoms with Crippen molar-refractivity contribution in [1.29, 1.82) is 0 Å². The molecule has 0 bridgehead atoms. The van der Waals surface area contributed by atoms with E-state index >= 15 is 0 Å². The summed E-state index contributed by atoms with van der Waals surface area (Å²) in [7, 11) is 0. The number of nitrogens with one attached hydrogen (secondary N) is 1. The average molecular weight is 331 g/mol. The quantitative estimate of drug-likeness (QED) is 0.402. The Kier molecular flexibility index (Phi) is 8.26. The van der Waals surface area contributed by atoms with Crippen LogP contribution in [-0.2, 0) is 6.42 Å². The molecule has 108 valence electrons. The summed E-state index contributed by atoms with van der Waals surface area (Å²) >= 11 is 3.30. The minimum Gasteiger partial charge on any atom is -0.271 e. The summed E-state index contributed by atoms with van der Waals surface area (Å²) in [4.78, 5) is 0. The number of hydrogen-bond donors (Lipinski definition) is 2. The van der Waals surface area contributed by atoms with Gasteiger partial charge in [-0.05, 0) is 40.4 Å². The number of hydrogen-bond acceptors (Lipinski definition) is 2. The van der Waals surface area contributed by atoms with E-state index in [4.69, 9.17) is 5.84 Å². The Bertz CT molecular complexity index is 371. The molecule has 1 atom stereocenters. The van der Waals surface area contributed by atoms with Gasteiger partial charge in [-0.15, -0.1) is 0 Å². The molecule has 0 aromatic heterocycles. The highest BCUT2D eigenvalue weighted by molar-refractivity contribution is 9.10. The summed E-state index contributed by atoms with van der Waals surface area (Å²) < 4.78 is 14.0. The van der Waals surface area contributed by atoms with Crippen LogP contribution >= 0.6 is 15.9 Å².